The molecule has 1 aliphatic rings. The molecular weight excluding hydrogens is 204 g/mol. The van der Waals surface area contributed by atoms with Crippen LogP contribution in [-0.2, 0) is 14.3 Å². The molecule has 0 saturated carbocycles. The molecule has 1 fully saturated rings. The number of carbonyl (C=O) groups is 1. The SMILES string of the molecule is CCCCCCC(C)(CC1CO1)C(=O)OC. The van der Waals surface area contributed by atoms with Gasteiger partial charge in [-0.1, -0.05) is 32.6 Å². The van der Waals surface area contributed by atoms with Gasteiger partial charge in [-0.2, -0.15) is 0 Å². The van der Waals surface area contributed by atoms with Crippen molar-refractivity contribution in [3.05, 3.63) is 0 Å². The highest BCUT2D eigenvalue weighted by atomic mass is 16.6. The predicted octanol–water partition coefficient (Wildman–Crippen LogP) is 2.93. The van der Waals surface area contributed by atoms with E-state index in [9.17, 15) is 4.79 Å². The molecule has 0 N–H and O–H groups in total. The smallest absolute Gasteiger partial charge is 0.311 e. The van der Waals surface area contributed by atoms with Gasteiger partial charge in [-0.25, -0.2) is 0 Å². The molecule has 0 amide bonds. The van der Waals surface area contributed by atoms with E-state index in [0.717, 1.165) is 25.9 Å². The minimum atomic E-state index is -0.344. The molecule has 1 heterocycles. The molecule has 0 aromatic heterocycles. The molecule has 3 nitrogen and oxygen atoms in total. The van der Waals surface area contributed by atoms with Crippen molar-refractivity contribution in [2.24, 2.45) is 5.41 Å². The highest BCUT2D eigenvalue weighted by Gasteiger charge is 2.40. The summed E-state index contributed by atoms with van der Waals surface area (Å²) in [5.41, 5.74) is -0.344. The Hall–Kier alpha value is -0.570. The van der Waals surface area contributed by atoms with E-state index < -0.39 is 0 Å². The first-order chi connectivity index (χ1) is 7.62. The molecule has 0 radical (unpaired) electrons. The summed E-state index contributed by atoms with van der Waals surface area (Å²) in [6, 6.07) is 0. The van der Waals surface area contributed by atoms with Crippen LogP contribution in [0.3, 0.4) is 0 Å². The van der Waals surface area contributed by atoms with Crippen LogP contribution >= 0.6 is 0 Å². The average Bonchev–Trinajstić information content (AvgIpc) is 3.07. The van der Waals surface area contributed by atoms with Crippen molar-refractivity contribution in [2.75, 3.05) is 13.7 Å². The quantitative estimate of drug-likeness (QED) is 0.364. The number of rotatable bonds is 8. The van der Waals surface area contributed by atoms with Gasteiger partial charge in [0.25, 0.3) is 0 Å². The Balaban J connectivity index is 2.38. The second kappa shape index (κ2) is 6.24. The van der Waals surface area contributed by atoms with Crippen molar-refractivity contribution < 1.29 is 14.3 Å². The second-order valence-corrected chi connectivity index (χ2v) is 5.02. The van der Waals surface area contributed by atoms with E-state index in [2.05, 4.69) is 6.92 Å². The van der Waals surface area contributed by atoms with Crippen LogP contribution in [0.15, 0.2) is 0 Å². The van der Waals surface area contributed by atoms with Crippen LogP contribution in [-0.4, -0.2) is 25.8 Å². The fourth-order valence-corrected chi connectivity index (χ4v) is 2.16. The largest absolute Gasteiger partial charge is 0.469 e. The summed E-state index contributed by atoms with van der Waals surface area (Å²) in [5, 5.41) is 0. The zero-order valence-electron chi connectivity index (χ0n) is 10.8. The molecule has 94 valence electrons. The van der Waals surface area contributed by atoms with Crippen molar-refractivity contribution in [1.29, 1.82) is 0 Å². The second-order valence-electron chi connectivity index (χ2n) is 5.02. The fraction of sp³-hybridized carbons (Fsp3) is 0.923. The summed E-state index contributed by atoms with van der Waals surface area (Å²) >= 11 is 0. The number of hydrogen-bond donors (Lipinski definition) is 0. The lowest BCUT2D eigenvalue weighted by Crippen LogP contribution is -2.30. The Kier molecular flexibility index (Phi) is 5.26. The van der Waals surface area contributed by atoms with Gasteiger partial charge >= 0.3 is 5.97 Å². The van der Waals surface area contributed by atoms with Crippen LogP contribution in [0.5, 0.6) is 0 Å². The maximum absolute atomic E-state index is 11.8. The summed E-state index contributed by atoms with van der Waals surface area (Å²) in [6.45, 7) is 5.01. The Morgan fingerprint density at radius 3 is 2.62 bits per heavy atom. The average molecular weight is 228 g/mol. The van der Waals surface area contributed by atoms with Gasteiger partial charge < -0.3 is 9.47 Å². The van der Waals surface area contributed by atoms with E-state index in [4.69, 9.17) is 9.47 Å². The van der Waals surface area contributed by atoms with Crippen molar-refractivity contribution in [3.63, 3.8) is 0 Å². The van der Waals surface area contributed by atoms with Gasteiger partial charge in [0, 0.05) is 0 Å². The molecule has 3 heteroatoms. The van der Waals surface area contributed by atoms with Crippen LogP contribution in [0.1, 0.15) is 52.4 Å². The molecule has 2 unspecified atom stereocenters. The fourth-order valence-electron chi connectivity index (χ4n) is 2.16. The first-order valence-corrected chi connectivity index (χ1v) is 6.32. The van der Waals surface area contributed by atoms with Gasteiger partial charge in [0.1, 0.15) is 0 Å². The van der Waals surface area contributed by atoms with E-state index in [1.807, 2.05) is 6.92 Å². The lowest BCUT2D eigenvalue weighted by atomic mass is 9.80. The maximum Gasteiger partial charge on any atom is 0.311 e. The Morgan fingerprint density at radius 2 is 2.12 bits per heavy atom. The zero-order chi connectivity index (χ0) is 12.0. The lowest BCUT2D eigenvalue weighted by Gasteiger charge is -2.25. The molecular formula is C13H24O3. The van der Waals surface area contributed by atoms with Gasteiger partial charge in [-0.05, 0) is 19.8 Å². The summed E-state index contributed by atoms with van der Waals surface area (Å²) in [4.78, 5) is 11.8. The molecule has 0 spiro atoms. The minimum absolute atomic E-state index is 0.0838. The number of methoxy groups -OCH3 is 1. The highest BCUT2D eigenvalue weighted by Crippen LogP contribution is 2.35. The van der Waals surface area contributed by atoms with Crippen LogP contribution in [0.2, 0.25) is 0 Å². The number of esters is 1. The number of ether oxygens (including phenoxy) is 2. The van der Waals surface area contributed by atoms with Crippen molar-refractivity contribution in [3.8, 4) is 0 Å². The van der Waals surface area contributed by atoms with Crippen LogP contribution in [0.4, 0.5) is 0 Å². The number of epoxide rings is 1. The highest BCUT2D eigenvalue weighted by molar-refractivity contribution is 5.76. The van der Waals surface area contributed by atoms with Gasteiger partial charge in [-0.3, -0.25) is 4.79 Å². The predicted molar refractivity (Wildman–Crippen MR) is 63.2 cm³/mol. The van der Waals surface area contributed by atoms with Gasteiger partial charge in [0.2, 0.25) is 0 Å². The standard InChI is InChI=1S/C13H24O3/c1-4-5-6-7-8-13(2,12(14)15-3)9-11-10-16-11/h11H,4-10H2,1-3H3. The molecule has 1 aliphatic heterocycles. The van der Waals surface area contributed by atoms with Gasteiger partial charge in [-0.15, -0.1) is 0 Å². The molecule has 0 aromatic rings. The third kappa shape index (κ3) is 4.12. The summed E-state index contributed by atoms with van der Waals surface area (Å²) in [7, 11) is 1.47. The first kappa shape index (κ1) is 13.5. The van der Waals surface area contributed by atoms with E-state index in [-0.39, 0.29) is 17.5 Å². The summed E-state index contributed by atoms with van der Waals surface area (Å²) in [5.74, 6) is -0.0838. The number of hydrogen-bond acceptors (Lipinski definition) is 3. The molecule has 0 aliphatic carbocycles. The molecule has 16 heavy (non-hydrogen) atoms. The van der Waals surface area contributed by atoms with E-state index >= 15 is 0 Å². The normalized spacial score (nSPS) is 22.6. The van der Waals surface area contributed by atoms with Crippen LogP contribution in [0.25, 0.3) is 0 Å². The molecule has 2 atom stereocenters. The number of carbonyl (C=O) groups excluding carboxylic acids is 1. The van der Waals surface area contributed by atoms with Gasteiger partial charge in [0.05, 0.1) is 25.2 Å². The molecule has 1 saturated heterocycles. The van der Waals surface area contributed by atoms with Crippen molar-refractivity contribution >= 4 is 5.97 Å². The zero-order valence-corrected chi connectivity index (χ0v) is 10.8. The Bertz CT molecular complexity index is 223. The maximum atomic E-state index is 11.8. The van der Waals surface area contributed by atoms with E-state index in [1.165, 1.54) is 26.4 Å². The minimum Gasteiger partial charge on any atom is -0.469 e. The monoisotopic (exact) mass is 228 g/mol. The third-order valence-corrected chi connectivity index (χ3v) is 3.34. The molecule has 0 aromatic carbocycles. The topological polar surface area (TPSA) is 38.8 Å². The first-order valence-electron chi connectivity index (χ1n) is 6.32. The summed E-state index contributed by atoms with van der Waals surface area (Å²) in [6.07, 6.45) is 6.79. The van der Waals surface area contributed by atoms with Crippen LogP contribution < -0.4 is 0 Å². The Morgan fingerprint density at radius 1 is 1.44 bits per heavy atom. The summed E-state index contributed by atoms with van der Waals surface area (Å²) < 4.78 is 10.1. The van der Waals surface area contributed by atoms with E-state index in [1.54, 1.807) is 0 Å². The number of unbranched alkanes of at least 4 members (excludes halogenated alkanes) is 3. The van der Waals surface area contributed by atoms with E-state index in [0.29, 0.717) is 0 Å². The third-order valence-electron chi connectivity index (χ3n) is 3.34. The van der Waals surface area contributed by atoms with Gasteiger partial charge in [0.15, 0.2) is 0 Å². The lowest BCUT2D eigenvalue weighted by molar-refractivity contribution is -0.153. The van der Waals surface area contributed by atoms with Crippen LogP contribution in [0, 0.1) is 5.41 Å². The molecule has 0 bridgehead atoms. The molecule has 1 rings (SSSR count). The van der Waals surface area contributed by atoms with Crippen molar-refractivity contribution in [1.82, 2.24) is 0 Å². The Labute approximate surface area is 98.5 Å². The van der Waals surface area contributed by atoms with Crippen molar-refractivity contribution in [2.45, 2.75) is 58.5 Å².